The Bertz CT molecular complexity index is 664. The molecule has 0 bridgehead atoms. The molecule has 0 aromatic heterocycles. The van der Waals surface area contributed by atoms with Gasteiger partial charge in [0.05, 0.1) is 11.3 Å². The highest BCUT2D eigenvalue weighted by Crippen LogP contribution is 2.19. The molecule has 0 aliphatic heterocycles. The van der Waals surface area contributed by atoms with Crippen LogP contribution in [0.15, 0.2) is 30.3 Å². The van der Waals surface area contributed by atoms with Crippen LogP contribution >= 0.6 is 12.6 Å². The minimum Gasteiger partial charge on any atom is -0.357 e. The van der Waals surface area contributed by atoms with Crippen molar-refractivity contribution >= 4 is 30.4 Å². The standard InChI is InChI=1S/C21H33N3O3S/c1-13(2)11-16(22)20(26)24(21(27)18(28)14(3)4)17(19(25)23-5)12-15-9-7-6-8-10-15/h6-10,13-14,16-18,28H,11-12,22H2,1-5H3,(H,23,25)/t16-,17-,18?/m0/s1. The minimum absolute atomic E-state index is 0.102. The van der Waals surface area contributed by atoms with Crippen molar-refractivity contribution in [1.29, 1.82) is 0 Å². The first-order valence-electron chi connectivity index (χ1n) is 9.66. The molecule has 0 saturated carbocycles. The molecule has 0 radical (unpaired) electrons. The molecular formula is C21H33N3O3S. The average molecular weight is 408 g/mol. The van der Waals surface area contributed by atoms with Crippen LogP contribution in [-0.2, 0) is 20.8 Å². The molecule has 0 aliphatic rings. The van der Waals surface area contributed by atoms with Crippen molar-refractivity contribution in [3.63, 3.8) is 0 Å². The number of benzene rings is 1. The van der Waals surface area contributed by atoms with E-state index in [1.54, 1.807) is 0 Å². The third-order valence-electron chi connectivity index (χ3n) is 4.53. The average Bonchev–Trinajstić information content (AvgIpc) is 2.65. The first-order chi connectivity index (χ1) is 13.1. The third-order valence-corrected chi connectivity index (χ3v) is 5.35. The topological polar surface area (TPSA) is 92.5 Å². The molecule has 0 aliphatic carbocycles. The van der Waals surface area contributed by atoms with Crippen molar-refractivity contribution in [2.45, 2.75) is 57.9 Å². The number of imide groups is 1. The highest BCUT2D eigenvalue weighted by atomic mass is 32.1. The summed E-state index contributed by atoms with van der Waals surface area (Å²) in [6.45, 7) is 7.60. The largest absolute Gasteiger partial charge is 0.357 e. The van der Waals surface area contributed by atoms with Gasteiger partial charge in [0.1, 0.15) is 6.04 Å². The molecule has 7 heteroatoms. The normalized spacial score (nSPS) is 14.5. The molecule has 0 heterocycles. The summed E-state index contributed by atoms with van der Waals surface area (Å²) in [5.41, 5.74) is 6.95. The van der Waals surface area contributed by atoms with Gasteiger partial charge >= 0.3 is 0 Å². The number of nitrogens with two attached hydrogens (primary N) is 1. The minimum atomic E-state index is -0.987. The zero-order valence-corrected chi connectivity index (χ0v) is 18.3. The zero-order valence-electron chi connectivity index (χ0n) is 17.4. The van der Waals surface area contributed by atoms with Crippen molar-refractivity contribution in [1.82, 2.24) is 10.2 Å². The van der Waals surface area contributed by atoms with E-state index < -0.39 is 35.1 Å². The molecule has 6 nitrogen and oxygen atoms in total. The number of carbonyl (C=O) groups is 3. The van der Waals surface area contributed by atoms with Crippen LogP contribution in [0.4, 0.5) is 0 Å². The van der Waals surface area contributed by atoms with E-state index in [1.807, 2.05) is 58.0 Å². The van der Waals surface area contributed by atoms with E-state index in [9.17, 15) is 14.4 Å². The Kier molecular flexibility index (Phi) is 9.69. The van der Waals surface area contributed by atoms with Gasteiger partial charge in [0.25, 0.3) is 0 Å². The smallest absolute Gasteiger partial charge is 0.246 e. The fourth-order valence-corrected chi connectivity index (χ4v) is 3.06. The number of nitrogens with zero attached hydrogens (tertiary/aromatic N) is 1. The summed E-state index contributed by atoms with van der Waals surface area (Å²) >= 11 is 4.39. The number of thiol groups is 1. The SMILES string of the molecule is CNC(=O)[C@H](Cc1ccccc1)N(C(=O)C(S)C(C)C)C(=O)[C@@H](N)CC(C)C. The lowest BCUT2D eigenvalue weighted by molar-refractivity contribution is -0.153. The van der Waals surface area contributed by atoms with Gasteiger partial charge < -0.3 is 11.1 Å². The summed E-state index contributed by atoms with van der Waals surface area (Å²) in [6.07, 6.45) is 0.637. The second kappa shape index (κ2) is 11.2. The van der Waals surface area contributed by atoms with Gasteiger partial charge in [-0.05, 0) is 23.8 Å². The molecule has 1 unspecified atom stereocenters. The third kappa shape index (κ3) is 6.63. The molecule has 1 aromatic carbocycles. The quantitative estimate of drug-likeness (QED) is 0.546. The van der Waals surface area contributed by atoms with E-state index in [4.69, 9.17) is 5.73 Å². The number of likely N-dealkylation sites (N-methyl/N-ethyl adjacent to an activating group) is 1. The van der Waals surface area contributed by atoms with E-state index >= 15 is 0 Å². The number of carbonyl (C=O) groups excluding carboxylic acids is 3. The summed E-state index contributed by atoms with van der Waals surface area (Å²) in [5, 5.41) is 1.86. The summed E-state index contributed by atoms with van der Waals surface area (Å²) in [5.74, 6) is -1.36. The maximum absolute atomic E-state index is 13.2. The number of amides is 3. The van der Waals surface area contributed by atoms with Crippen LogP contribution in [0.5, 0.6) is 0 Å². The van der Waals surface area contributed by atoms with Crippen molar-refractivity contribution in [2.75, 3.05) is 7.05 Å². The van der Waals surface area contributed by atoms with Gasteiger partial charge in [-0.1, -0.05) is 58.0 Å². The lowest BCUT2D eigenvalue weighted by Gasteiger charge is -2.33. The lowest BCUT2D eigenvalue weighted by atomic mass is 9.98. The number of hydrogen-bond donors (Lipinski definition) is 3. The van der Waals surface area contributed by atoms with E-state index in [0.717, 1.165) is 10.5 Å². The molecule has 1 rings (SSSR count). The van der Waals surface area contributed by atoms with Crippen LogP contribution in [0.2, 0.25) is 0 Å². The van der Waals surface area contributed by atoms with Crippen LogP contribution in [-0.4, -0.2) is 47.0 Å². The first kappa shape index (κ1) is 24.2. The van der Waals surface area contributed by atoms with Gasteiger partial charge in [0.15, 0.2) is 0 Å². The van der Waals surface area contributed by atoms with Crippen LogP contribution in [0.3, 0.4) is 0 Å². The van der Waals surface area contributed by atoms with Crippen LogP contribution in [0, 0.1) is 11.8 Å². The van der Waals surface area contributed by atoms with Crippen LogP contribution in [0.25, 0.3) is 0 Å². The molecule has 3 amide bonds. The van der Waals surface area contributed by atoms with E-state index in [2.05, 4.69) is 17.9 Å². The Balaban J connectivity index is 3.34. The van der Waals surface area contributed by atoms with Gasteiger partial charge in [-0.25, -0.2) is 0 Å². The molecule has 3 N–H and O–H groups in total. The fourth-order valence-electron chi connectivity index (χ4n) is 2.94. The van der Waals surface area contributed by atoms with Crippen LogP contribution < -0.4 is 11.1 Å². The molecule has 0 fully saturated rings. The van der Waals surface area contributed by atoms with Gasteiger partial charge in [-0.3, -0.25) is 19.3 Å². The van der Waals surface area contributed by atoms with Crippen molar-refractivity contribution < 1.29 is 14.4 Å². The Hall–Kier alpha value is -1.86. The van der Waals surface area contributed by atoms with E-state index in [0.29, 0.717) is 6.42 Å². The summed E-state index contributed by atoms with van der Waals surface area (Å²) in [4.78, 5) is 40.0. The predicted octanol–water partition coefficient (Wildman–Crippen LogP) is 2.03. The number of hydrogen-bond acceptors (Lipinski definition) is 5. The Morgan fingerprint density at radius 2 is 1.64 bits per heavy atom. The van der Waals surface area contributed by atoms with Gasteiger partial charge in [0, 0.05) is 13.5 Å². The highest BCUT2D eigenvalue weighted by Gasteiger charge is 2.39. The molecule has 0 spiro atoms. The highest BCUT2D eigenvalue weighted by molar-refractivity contribution is 7.81. The van der Waals surface area contributed by atoms with Crippen molar-refractivity contribution in [3.8, 4) is 0 Å². The van der Waals surface area contributed by atoms with Crippen molar-refractivity contribution in [3.05, 3.63) is 35.9 Å². The Morgan fingerprint density at radius 3 is 2.11 bits per heavy atom. The second-order valence-corrected chi connectivity index (χ2v) is 8.35. The van der Waals surface area contributed by atoms with Gasteiger partial charge in [0.2, 0.25) is 17.7 Å². The second-order valence-electron chi connectivity index (χ2n) is 7.79. The molecular weight excluding hydrogens is 374 g/mol. The van der Waals surface area contributed by atoms with E-state index in [-0.39, 0.29) is 18.3 Å². The first-order valence-corrected chi connectivity index (χ1v) is 10.2. The van der Waals surface area contributed by atoms with Crippen LogP contribution in [0.1, 0.15) is 39.7 Å². The van der Waals surface area contributed by atoms with Gasteiger partial charge in [-0.2, -0.15) is 12.6 Å². The zero-order chi connectivity index (χ0) is 21.4. The summed E-state index contributed by atoms with van der Waals surface area (Å²) in [7, 11) is 1.49. The monoisotopic (exact) mass is 407 g/mol. The summed E-state index contributed by atoms with van der Waals surface area (Å²) in [6, 6.07) is 7.44. The maximum atomic E-state index is 13.2. The Morgan fingerprint density at radius 1 is 1.07 bits per heavy atom. The fraction of sp³-hybridized carbons (Fsp3) is 0.571. The molecule has 28 heavy (non-hydrogen) atoms. The summed E-state index contributed by atoms with van der Waals surface area (Å²) < 4.78 is 0. The molecule has 3 atom stereocenters. The number of nitrogens with one attached hydrogen (secondary N) is 1. The van der Waals surface area contributed by atoms with Crippen molar-refractivity contribution in [2.24, 2.45) is 17.6 Å². The Labute approximate surface area is 173 Å². The van der Waals surface area contributed by atoms with Gasteiger partial charge in [-0.15, -0.1) is 0 Å². The maximum Gasteiger partial charge on any atom is 0.246 e. The number of rotatable bonds is 9. The molecule has 0 saturated heterocycles. The molecule has 1 aromatic rings. The lowest BCUT2D eigenvalue weighted by Crippen LogP contribution is -2.59. The molecule has 156 valence electrons. The van der Waals surface area contributed by atoms with E-state index in [1.165, 1.54) is 7.05 Å². The predicted molar refractivity (Wildman–Crippen MR) is 115 cm³/mol.